The Morgan fingerprint density at radius 3 is 2.43 bits per heavy atom. The van der Waals surface area contributed by atoms with Gasteiger partial charge in [0.05, 0.1) is 7.11 Å². The molecule has 0 aliphatic carbocycles. The Balaban J connectivity index is 1.59. The minimum atomic E-state index is -0.270. The first-order chi connectivity index (χ1) is 13.7. The molecule has 0 saturated heterocycles. The Bertz CT molecular complexity index is 917. The minimum Gasteiger partial charge on any atom is -0.496 e. The van der Waals surface area contributed by atoms with E-state index in [0.717, 1.165) is 29.8 Å². The summed E-state index contributed by atoms with van der Waals surface area (Å²) in [4.78, 5) is 0. The van der Waals surface area contributed by atoms with Crippen LogP contribution < -0.4 is 14.8 Å². The lowest BCUT2D eigenvalue weighted by Gasteiger charge is -2.14. The van der Waals surface area contributed by atoms with Crippen LogP contribution in [0.5, 0.6) is 11.5 Å². The normalized spacial score (nSPS) is 10.7. The maximum atomic E-state index is 13.8. The second-order valence-corrected chi connectivity index (χ2v) is 6.81. The van der Waals surface area contributed by atoms with Crippen LogP contribution in [0.4, 0.5) is 4.39 Å². The molecule has 0 spiro atoms. The van der Waals surface area contributed by atoms with Crippen LogP contribution in [0, 0.1) is 5.82 Å². The van der Waals surface area contributed by atoms with Crippen LogP contribution in [-0.4, -0.2) is 13.7 Å². The highest BCUT2D eigenvalue weighted by Gasteiger charge is 2.08. The van der Waals surface area contributed by atoms with Crippen molar-refractivity contribution in [2.24, 2.45) is 0 Å². The number of halogens is 2. The van der Waals surface area contributed by atoms with Crippen molar-refractivity contribution in [1.82, 2.24) is 5.32 Å². The van der Waals surface area contributed by atoms with E-state index in [9.17, 15) is 4.39 Å². The lowest BCUT2D eigenvalue weighted by atomic mass is 10.1. The molecule has 0 saturated carbocycles. The average molecular weight is 400 g/mol. The Morgan fingerprint density at radius 2 is 1.64 bits per heavy atom. The summed E-state index contributed by atoms with van der Waals surface area (Å²) >= 11 is 6.15. The zero-order valence-electron chi connectivity index (χ0n) is 15.8. The van der Waals surface area contributed by atoms with Gasteiger partial charge in [-0.3, -0.25) is 0 Å². The van der Waals surface area contributed by atoms with Gasteiger partial charge in [0.25, 0.3) is 0 Å². The maximum absolute atomic E-state index is 13.8. The van der Waals surface area contributed by atoms with Gasteiger partial charge in [-0.15, -0.1) is 0 Å². The van der Waals surface area contributed by atoms with Crippen LogP contribution in [0.15, 0.2) is 66.7 Å². The molecule has 5 heteroatoms. The standard InChI is InChI=1S/C23H23ClFNO2/c1-27-22-9-5-3-6-17(22)12-13-26-15-19-14-20(24)10-11-23(19)28-16-18-7-2-4-8-21(18)25/h2-11,14,26H,12-13,15-16H2,1H3. The van der Waals surface area contributed by atoms with Gasteiger partial charge in [-0.05, 0) is 48.9 Å². The molecule has 146 valence electrons. The summed E-state index contributed by atoms with van der Waals surface area (Å²) in [5.74, 6) is 1.31. The molecule has 1 N–H and O–H groups in total. The van der Waals surface area contributed by atoms with Gasteiger partial charge in [0.2, 0.25) is 0 Å². The van der Waals surface area contributed by atoms with Crippen LogP contribution in [0.2, 0.25) is 5.02 Å². The molecule has 0 aromatic heterocycles. The fraction of sp³-hybridized carbons (Fsp3) is 0.217. The van der Waals surface area contributed by atoms with E-state index in [-0.39, 0.29) is 12.4 Å². The number of hydrogen-bond acceptors (Lipinski definition) is 3. The summed E-state index contributed by atoms with van der Waals surface area (Å²) in [6, 6.07) is 20.1. The van der Waals surface area contributed by atoms with E-state index in [4.69, 9.17) is 21.1 Å². The van der Waals surface area contributed by atoms with Crippen molar-refractivity contribution >= 4 is 11.6 Å². The van der Waals surface area contributed by atoms with Gasteiger partial charge in [-0.1, -0.05) is 48.0 Å². The predicted molar refractivity (Wildman–Crippen MR) is 111 cm³/mol. The van der Waals surface area contributed by atoms with Gasteiger partial charge in [-0.2, -0.15) is 0 Å². The molecule has 0 bridgehead atoms. The Morgan fingerprint density at radius 1 is 0.893 bits per heavy atom. The summed E-state index contributed by atoms with van der Waals surface area (Å²) in [5, 5.41) is 4.05. The van der Waals surface area contributed by atoms with Gasteiger partial charge in [0, 0.05) is 22.7 Å². The van der Waals surface area contributed by atoms with E-state index in [1.54, 1.807) is 31.4 Å². The Kier molecular flexibility index (Phi) is 7.29. The van der Waals surface area contributed by atoms with Crippen molar-refractivity contribution in [2.75, 3.05) is 13.7 Å². The van der Waals surface area contributed by atoms with Crippen molar-refractivity contribution in [3.8, 4) is 11.5 Å². The lowest BCUT2D eigenvalue weighted by molar-refractivity contribution is 0.296. The minimum absolute atomic E-state index is 0.169. The molecule has 0 heterocycles. The lowest BCUT2D eigenvalue weighted by Crippen LogP contribution is -2.17. The number of rotatable bonds is 9. The Hall–Kier alpha value is -2.56. The molecule has 0 fully saturated rings. The van der Waals surface area contributed by atoms with Crippen molar-refractivity contribution in [3.63, 3.8) is 0 Å². The third-order valence-electron chi connectivity index (χ3n) is 4.44. The van der Waals surface area contributed by atoms with E-state index < -0.39 is 0 Å². The Labute approximate surface area is 170 Å². The second kappa shape index (κ2) is 10.1. The second-order valence-electron chi connectivity index (χ2n) is 6.37. The third-order valence-corrected chi connectivity index (χ3v) is 4.68. The highest BCUT2D eigenvalue weighted by atomic mass is 35.5. The fourth-order valence-corrected chi connectivity index (χ4v) is 3.15. The van der Waals surface area contributed by atoms with E-state index >= 15 is 0 Å². The SMILES string of the molecule is COc1ccccc1CCNCc1cc(Cl)ccc1OCc1ccccc1F. The van der Waals surface area contributed by atoms with Gasteiger partial charge in [-0.25, -0.2) is 4.39 Å². The van der Waals surface area contributed by atoms with E-state index in [1.165, 1.54) is 6.07 Å². The highest BCUT2D eigenvalue weighted by Crippen LogP contribution is 2.24. The quantitative estimate of drug-likeness (QED) is 0.489. The molecule has 0 aliphatic rings. The zero-order valence-corrected chi connectivity index (χ0v) is 16.5. The van der Waals surface area contributed by atoms with Gasteiger partial charge in [0.15, 0.2) is 0 Å². The van der Waals surface area contributed by atoms with Crippen molar-refractivity contribution < 1.29 is 13.9 Å². The molecule has 3 nitrogen and oxygen atoms in total. The van der Waals surface area contributed by atoms with Crippen LogP contribution in [-0.2, 0) is 19.6 Å². The molecule has 3 aromatic rings. The first-order valence-corrected chi connectivity index (χ1v) is 9.52. The number of ether oxygens (including phenoxy) is 2. The van der Waals surface area contributed by atoms with E-state index in [0.29, 0.717) is 22.9 Å². The highest BCUT2D eigenvalue weighted by molar-refractivity contribution is 6.30. The van der Waals surface area contributed by atoms with E-state index in [1.807, 2.05) is 30.3 Å². The van der Waals surface area contributed by atoms with Crippen LogP contribution in [0.3, 0.4) is 0 Å². The molecule has 0 radical (unpaired) electrons. The summed E-state index contributed by atoms with van der Waals surface area (Å²) in [6.45, 7) is 1.55. The number of hydrogen-bond donors (Lipinski definition) is 1. The van der Waals surface area contributed by atoms with Crippen LogP contribution in [0.1, 0.15) is 16.7 Å². The molecule has 3 aromatic carbocycles. The predicted octanol–water partition coefficient (Wildman–Crippen LogP) is 5.40. The smallest absolute Gasteiger partial charge is 0.129 e. The van der Waals surface area contributed by atoms with Gasteiger partial charge >= 0.3 is 0 Å². The molecule has 3 rings (SSSR count). The summed E-state index contributed by atoms with van der Waals surface area (Å²) in [6.07, 6.45) is 0.843. The monoisotopic (exact) mass is 399 g/mol. The van der Waals surface area contributed by atoms with Gasteiger partial charge < -0.3 is 14.8 Å². The summed E-state index contributed by atoms with van der Waals surface area (Å²) in [5.41, 5.74) is 2.61. The number of para-hydroxylation sites is 1. The first-order valence-electron chi connectivity index (χ1n) is 9.14. The topological polar surface area (TPSA) is 30.5 Å². The largest absolute Gasteiger partial charge is 0.496 e. The molecule has 0 unspecified atom stereocenters. The summed E-state index contributed by atoms with van der Waals surface area (Å²) < 4.78 is 25.0. The zero-order chi connectivity index (χ0) is 19.8. The number of benzene rings is 3. The summed E-state index contributed by atoms with van der Waals surface area (Å²) in [7, 11) is 1.68. The van der Waals surface area contributed by atoms with Crippen molar-refractivity contribution in [3.05, 3.63) is 94.3 Å². The first kappa shape index (κ1) is 20.2. The number of nitrogens with one attached hydrogen (secondary N) is 1. The molecular formula is C23H23ClFNO2. The maximum Gasteiger partial charge on any atom is 0.129 e. The third kappa shape index (κ3) is 5.47. The molecule has 0 aliphatic heterocycles. The van der Waals surface area contributed by atoms with Crippen LogP contribution >= 0.6 is 11.6 Å². The average Bonchev–Trinajstić information content (AvgIpc) is 2.72. The fourth-order valence-electron chi connectivity index (χ4n) is 2.95. The number of methoxy groups -OCH3 is 1. The van der Waals surface area contributed by atoms with Crippen LogP contribution in [0.25, 0.3) is 0 Å². The molecule has 0 amide bonds. The van der Waals surface area contributed by atoms with Crippen molar-refractivity contribution in [1.29, 1.82) is 0 Å². The van der Waals surface area contributed by atoms with Gasteiger partial charge in [0.1, 0.15) is 23.9 Å². The molecule has 0 atom stereocenters. The van der Waals surface area contributed by atoms with Crippen molar-refractivity contribution in [2.45, 2.75) is 19.6 Å². The molecule has 28 heavy (non-hydrogen) atoms. The van der Waals surface area contributed by atoms with E-state index in [2.05, 4.69) is 11.4 Å². The molecular weight excluding hydrogens is 377 g/mol.